The summed E-state index contributed by atoms with van der Waals surface area (Å²) in [6, 6.07) is 13.9. The lowest BCUT2D eigenvalue weighted by Crippen LogP contribution is -2.45. The molecular formula is C20H18FNO3. The first-order valence-electron chi connectivity index (χ1n) is 8.40. The number of Topliss-reactive ketones (excluding diaryl/α,β-unsaturated/α-hetero) is 1. The normalized spacial score (nSPS) is 22.8. The van der Waals surface area contributed by atoms with Crippen LogP contribution in [0, 0.1) is 5.82 Å². The van der Waals surface area contributed by atoms with E-state index in [4.69, 9.17) is 4.74 Å². The van der Waals surface area contributed by atoms with E-state index >= 15 is 0 Å². The molecule has 2 heterocycles. The number of hydrogen-bond acceptors (Lipinski definition) is 3. The van der Waals surface area contributed by atoms with Gasteiger partial charge < -0.3 is 9.64 Å². The summed E-state index contributed by atoms with van der Waals surface area (Å²) in [5.41, 5.74) is 3.08. The maximum atomic E-state index is 13.4. The molecule has 0 aliphatic carbocycles. The van der Waals surface area contributed by atoms with Crippen LogP contribution < -0.4 is 0 Å². The Hall–Kier alpha value is -2.53. The van der Waals surface area contributed by atoms with E-state index in [1.807, 2.05) is 18.2 Å². The SMILES string of the molecule is O=C1CO[C@H](C(=O)N2CCc3ccccc3[C@@H]2c2ccc(F)cc2)C1. The molecule has 2 aliphatic rings. The molecule has 2 aromatic rings. The summed E-state index contributed by atoms with van der Waals surface area (Å²) in [6.07, 6.45) is 0.175. The molecule has 1 saturated heterocycles. The van der Waals surface area contributed by atoms with Gasteiger partial charge >= 0.3 is 0 Å². The fraction of sp³-hybridized carbons (Fsp3) is 0.300. The minimum absolute atomic E-state index is 0.00203. The minimum Gasteiger partial charge on any atom is -0.360 e. The standard InChI is InChI=1S/C20H18FNO3/c21-15-7-5-14(6-8-15)19-17-4-2-1-3-13(17)9-10-22(19)20(24)18-11-16(23)12-25-18/h1-8,18-19H,9-12H2/t18-,19-/m0/s1. The summed E-state index contributed by atoms with van der Waals surface area (Å²) in [4.78, 5) is 26.2. The smallest absolute Gasteiger partial charge is 0.252 e. The van der Waals surface area contributed by atoms with Crippen LogP contribution in [0.1, 0.15) is 29.2 Å². The van der Waals surface area contributed by atoms with Crippen molar-refractivity contribution in [2.45, 2.75) is 25.0 Å². The summed E-state index contributed by atoms with van der Waals surface area (Å²) in [5, 5.41) is 0. The van der Waals surface area contributed by atoms with Crippen molar-refractivity contribution in [3.8, 4) is 0 Å². The molecule has 2 atom stereocenters. The molecule has 0 N–H and O–H groups in total. The first kappa shape index (κ1) is 16.0. The first-order valence-corrected chi connectivity index (χ1v) is 8.40. The van der Waals surface area contributed by atoms with Crippen molar-refractivity contribution < 1.29 is 18.7 Å². The summed E-state index contributed by atoms with van der Waals surface area (Å²) in [6.45, 7) is 0.550. The van der Waals surface area contributed by atoms with E-state index in [2.05, 4.69) is 6.07 Å². The lowest BCUT2D eigenvalue weighted by Gasteiger charge is -2.38. The Labute approximate surface area is 145 Å². The monoisotopic (exact) mass is 339 g/mol. The van der Waals surface area contributed by atoms with E-state index in [9.17, 15) is 14.0 Å². The van der Waals surface area contributed by atoms with Crippen LogP contribution in [0.15, 0.2) is 48.5 Å². The molecule has 1 amide bonds. The van der Waals surface area contributed by atoms with Gasteiger partial charge in [-0.25, -0.2) is 4.39 Å². The maximum Gasteiger partial charge on any atom is 0.252 e. The van der Waals surface area contributed by atoms with Gasteiger partial charge in [-0.05, 0) is 35.2 Å². The van der Waals surface area contributed by atoms with Gasteiger partial charge in [-0.3, -0.25) is 9.59 Å². The number of carbonyl (C=O) groups is 2. The van der Waals surface area contributed by atoms with Crippen molar-refractivity contribution in [2.24, 2.45) is 0 Å². The number of carbonyl (C=O) groups excluding carboxylic acids is 2. The van der Waals surface area contributed by atoms with Gasteiger partial charge in [-0.2, -0.15) is 0 Å². The van der Waals surface area contributed by atoms with E-state index in [1.165, 1.54) is 17.7 Å². The van der Waals surface area contributed by atoms with Crippen LogP contribution in [-0.2, 0) is 20.7 Å². The van der Waals surface area contributed by atoms with Gasteiger partial charge in [-0.1, -0.05) is 36.4 Å². The molecule has 4 rings (SSSR count). The summed E-state index contributed by atoms with van der Waals surface area (Å²) in [5.74, 6) is -0.529. The molecule has 0 radical (unpaired) electrons. The van der Waals surface area contributed by atoms with Crippen molar-refractivity contribution in [1.82, 2.24) is 4.90 Å². The van der Waals surface area contributed by atoms with Crippen molar-refractivity contribution in [3.63, 3.8) is 0 Å². The van der Waals surface area contributed by atoms with Crippen LogP contribution in [-0.4, -0.2) is 35.8 Å². The van der Waals surface area contributed by atoms with E-state index < -0.39 is 6.10 Å². The number of rotatable bonds is 2. The average molecular weight is 339 g/mol. The molecule has 0 unspecified atom stereocenters. The van der Waals surface area contributed by atoms with Crippen LogP contribution in [0.5, 0.6) is 0 Å². The second-order valence-electron chi connectivity index (χ2n) is 6.48. The quantitative estimate of drug-likeness (QED) is 0.845. The molecule has 2 aliphatic heterocycles. The second-order valence-corrected chi connectivity index (χ2v) is 6.48. The van der Waals surface area contributed by atoms with Gasteiger partial charge in [0.25, 0.3) is 5.91 Å². The van der Waals surface area contributed by atoms with Crippen molar-refractivity contribution in [2.75, 3.05) is 13.2 Å². The zero-order valence-corrected chi connectivity index (χ0v) is 13.7. The predicted molar refractivity (Wildman–Crippen MR) is 89.5 cm³/mol. The van der Waals surface area contributed by atoms with Gasteiger partial charge in [0.2, 0.25) is 0 Å². The van der Waals surface area contributed by atoms with Gasteiger partial charge in [0.05, 0.1) is 6.04 Å². The van der Waals surface area contributed by atoms with Crippen molar-refractivity contribution in [1.29, 1.82) is 0 Å². The van der Waals surface area contributed by atoms with Crippen molar-refractivity contribution in [3.05, 3.63) is 71.0 Å². The molecule has 0 spiro atoms. The fourth-order valence-electron chi connectivity index (χ4n) is 3.67. The third-order valence-corrected chi connectivity index (χ3v) is 4.89. The molecule has 5 heteroatoms. The van der Waals surface area contributed by atoms with Crippen LogP contribution in [0.2, 0.25) is 0 Å². The molecule has 0 saturated carbocycles. The lowest BCUT2D eigenvalue weighted by molar-refractivity contribution is -0.143. The number of ether oxygens (including phenoxy) is 1. The highest BCUT2D eigenvalue weighted by Crippen LogP contribution is 2.36. The van der Waals surface area contributed by atoms with Crippen LogP contribution in [0.3, 0.4) is 0 Å². The Balaban J connectivity index is 1.73. The van der Waals surface area contributed by atoms with Gasteiger partial charge in [0.1, 0.15) is 18.5 Å². The third kappa shape index (κ3) is 2.96. The number of nitrogens with zero attached hydrogens (tertiary/aromatic N) is 1. The van der Waals surface area contributed by atoms with Crippen molar-refractivity contribution >= 4 is 11.7 Å². The Morgan fingerprint density at radius 2 is 1.88 bits per heavy atom. The molecule has 1 fully saturated rings. The third-order valence-electron chi connectivity index (χ3n) is 4.89. The van der Waals surface area contributed by atoms with E-state index in [0.717, 1.165) is 17.5 Å². The fourth-order valence-corrected chi connectivity index (χ4v) is 3.67. The highest BCUT2D eigenvalue weighted by molar-refractivity contribution is 5.92. The lowest BCUT2D eigenvalue weighted by atomic mass is 9.87. The highest BCUT2D eigenvalue weighted by Gasteiger charge is 2.38. The van der Waals surface area contributed by atoms with Gasteiger partial charge in [0.15, 0.2) is 5.78 Å². The number of halogens is 1. The largest absolute Gasteiger partial charge is 0.360 e. The molecule has 25 heavy (non-hydrogen) atoms. The Morgan fingerprint density at radius 1 is 1.12 bits per heavy atom. The van der Waals surface area contributed by atoms with E-state index in [-0.39, 0.29) is 36.6 Å². The molecule has 128 valence electrons. The Kier molecular flexibility index (Phi) is 4.09. The van der Waals surface area contributed by atoms with Crippen LogP contribution in [0.25, 0.3) is 0 Å². The molecule has 2 aromatic carbocycles. The molecule has 0 aromatic heterocycles. The predicted octanol–water partition coefficient (Wildman–Crippen LogP) is 2.66. The number of fused-ring (bicyclic) bond motifs is 1. The van der Waals surface area contributed by atoms with Crippen LogP contribution >= 0.6 is 0 Å². The summed E-state index contributed by atoms with van der Waals surface area (Å²) < 4.78 is 18.7. The summed E-state index contributed by atoms with van der Waals surface area (Å²) >= 11 is 0. The average Bonchev–Trinajstić information content (AvgIpc) is 3.07. The molecule has 4 nitrogen and oxygen atoms in total. The summed E-state index contributed by atoms with van der Waals surface area (Å²) in [7, 11) is 0. The van der Waals surface area contributed by atoms with E-state index in [0.29, 0.717) is 6.54 Å². The molecular weight excluding hydrogens is 321 g/mol. The Morgan fingerprint density at radius 3 is 2.60 bits per heavy atom. The Bertz CT molecular complexity index is 818. The maximum absolute atomic E-state index is 13.4. The highest BCUT2D eigenvalue weighted by atomic mass is 19.1. The zero-order chi connectivity index (χ0) is 17.4. The number of amides is 1. The van der Waals surface area contributed by atoms with Crippen LogP contribution in [0.4, 0.5) is 4.39 Å². The van der Waals surface area contributed by atoms with E-state index in [1.54, 1.807) is 17.0 Å². The van der Waals surface area contributed by atoms with Gasteiger partial charge in [-0.15, -0.1) is 0 Å². The van der Waals surface area contributed by atoms with Gasteiger partial charge in [0, 0.05) is 13.0 Å². The number of benzene rings is 2. The first-order chi connectivity index (χ1) is 12.1. The second kappa shape index (κ2) is 6.41. The topological polar surface area (TPSA) is 46.6 Å². The molecule has 0 bridgehead atoms. The minimum atomic E-state index is -0.708. The number of ketones is 1. The zero-order valence-electron chi connectivity index (χ0n) is 13.7. The number of hydrogen-bond donors (Lipinski definition) is 0.